The minimum atomic E-state index is -0.719. The summed E-state index contributed by atoms with van der Waals surface area (Å²) in [4.78, 5) is 37.1. The number of methoxy groups -OCH3 is 1. The molecule has 1 aliphatic rings. The first-order chi connectivity index (χ1) is 16.5. The Bertz CT molecular complexity index is 1050. The highest BCUT2D eigenvalue weighted by Crippen LogP contribution is 2.25. The summed E-state index contributed by atoms with van der Waals surface area (Å²) in [5.41, 5.74) is 3.72. The van der Waals surface area contributed by atoms with Gasteiger partial charge < -0.3 is 20.1 Å². The van der Waals surface area contributed by atoms with Gasteiger partial charge in [0.2, 0.25) is 5.91 Å². The van der Waals surface area contributed by atoms with E-state index in [2.05, 4.69) is 10.6 Å². The van der Waals surface area contributed by atoms with Crippen molar-refractivity contribution < 1.29 is 29.1 Å². The van der Waals surface area contributed by atoms with E-state index in [0.29, 0.717) is 48.4 Å². The van der Waals surface area contributed by atoms with Crippen molar-refractivity contribution in [2.24, 2.45) is 0 Å². The van der Waals surface area contributed by atoms with Gasteiger partial charge in [0.05, 0.1) is 25.1 Å². The number of amides is 3. The standard InChI is InChI=1S/C25H29N3O6/c1-33-19-15-17-8-7-13-34-22(11-3-2-4-12-23(29)28-32)25(31)27-21-10-6-5-9-20(21)26-24(30)18(14-17)16-19/h5-10,14-16,22,32H,2-4,11-13H2,1H3,(H,26,30)(H,27,31)(H,28,29)/b8-7-/t22-/m1/s1. The number of ether oxygens (including phenoxy) is 2. The number of unbranched alkanes of at least 4 members (excludes halogenated alkanes) is 2. The Morgan fingerprint density at radius 3 is 2.62 bits per heavy atom. The highest BCUT2D eigenvalue weighted by atomic mass is 16.5. The molecule has 3 rings (SSSR count). The Hall–Kier alpha value is -3.69. The van der Waals surface area contributed by atoms with E-state index in [1.54, 1.807) is 54.0 Å². The number of benzene rings is 2. The fourth-order valence-electron chi connectivity index (χ4n) is 3.57. The number of rotatable bonds is 7. The topological polar surface area (TPSA) is 126 Å². The van der Waals surface area contributed by atoms with Crippen LogP contribution in [0.5, 0.6) is 5.75 Å². The van der Waals surface area contributed by atoms with Gasteiger partial charge in [-0.1, -0.05) is 37.1 Å². The molecule has 2 bridgehead atoms. The van der Waals surface area contributed by atoms with Gasteiger partial charge in [-0.15, -0.1) is 0 Å². The molecule has 0 fully saturated rings. The third kappa shape index (κ3) is 7.16. The van der Waals surface area contributed by atoms with E-state index in [0.717, 1.165) is 5.56 Å². The van der Waals surface area contributed by atoms with Gasteiger partial charge in [0.1, 0.15) is 11.9 Å². The van der Waals surface area contributed by atoms with Crippen LogP contribution in [0.1, 0.15) is 48.0 Å². The normalized spacial score (nSPS) is 16.9. The molecule has 34 heavy (non-hydrogen) atoms. The number of carbonyl (C=O) groups is 3. The molecule has 9 nitrogen and oxygen atoms in total. The Labute approximate surface area is 198 Å². The molecular weight excluding hydrogens is 438 g/mol. The molecule has 2 aromatic rings. The van der Waals surface area contributed by atoms with Crippen molar-refractivity contribution in [2.75, 3.05) is 24.4 Å². The van der Waals surface area contributed by atoms with Gasteiger partial charge in [0.25, 0.3) is 11.8 Å². The molecule has 0 unspecified atom stereocenters. The second kappa shape index (κ2) is 12.5. The highest BCUT2D eigenvalue weighted by Gasteiger charge is 2.21. The molecule has 0 aliphatic carbocycles. The van der Waals surface area contributed by atoms with E-state index in [9.17, 15) is 14.4 Å². The van der Waals surface area contributed by atoms with Crippen LogP contribution in [0.2, 0.25) is 0 Å². The first kappa shape index (κ1) is 24.9. The molecule has 0 saturated heterocycles. The number of hydrogen-bond acceptors (Lipinski definition) is 6. The summed E-state index contributed by atoms with van der Waals surface area (Å²) < 4.78 is 11.2. The van der Waals surface area contributed by atoms with E-state index in [-0.39, 0.29) is 24.8 Å². The fraction of sp³-hybridized carbons (Fsp3) is 0.320. The summed E-state index contributed by atoms with van der Waals surface area (Å²) >= 11 is 0. The number of para-hydroxylation sites is 2. The van der Waals surface area contributed by atoms with E-state index in [4.69, 9.17) is 14.7 Å². The van der Waals surface area contributed by atoms with E-state index >= 15 is 0 Å². The molecule has 0 spiro atoms. The summed E-state index contributed by atoms with van der Waals surface area (Å²) in [5, 5.41) is 14.3. The average Bonchev–Trinajstić information content (AvgIpc) is 2.85. The third-order valence-corrected chi connectivity index (χ3v) is 5.35. The highest BCUT2D eigenvalue weighted by molar-refractivity contribution is 6.08. The van der Waals surface area contributed by atoms with E-state index in [1.165, 1.54) is 7.11 Å². The summed E-state index contributed by atoms with van der Waals surface area (Å²) in [6, 6.07) is 12.2. The van der Waals surface area contributed by atoms with Gasteiger partial charge in [-0.3, -0.25) is 19.6 Å². The quantitative estimate of drug-likeness (QED) is 0.279. The molecule has 2 aromatic carbocycles. The smallest absolute Gasteiger partial charge is 0.255 e. The van der Waals surface area contributed by atoms with Crippen LogP contribution in [0.15, 0.2) is 48.5 Å². The summed E-state index contributed by atoms with van der Waals surface area (Å²) in [5.74, 6) is -0.529. The summed E-state index contributed by atoms with van der Waals surface area (Å²) in [6.45, 7) is 0.200. The molecule has 1 atom stereocenters. The second-order valence-electron chi connectivity index (χ2n) is 7.84. The first-order valence-electron chi connectivity index (χ1n) is 11.1. The van der Waals surface area contributed by atoms with Crippen molar-refractivity contribution in [3.63, 3.8) is 0 Å². The van der Waals surface area contributed by atoms with Crippen LogP contribution in [-0.4, -0.2) is 42.7 Å². The fourth-order valence-corrected chi connectivity index (χ4v) is 3.57. The zero-order chi connectivity index (χ0) is 24.3. The van der Waals surface area contributed by atoms with Crippen molar-refractivity contribution in [2.45, 2.75) is 38.2 Å². The Balaban J connectivity index is 1.80. The maximum atomic E-state index is 13.0. The third-order valence-electron chi connectivity index (χ3n) is 5.35. The van der Waals surface area contributed by atoms with Gasteiger partial charge in [0.15, 0.2) is 0 Å². The second-order valence-corrected chi connectivity index (χ2v) is 7.84. The molecule has 1 heterocycles. The molecule has 1 aliphatic heterocycles. The monoisotopic (exact) mass is 467 g/mol. The molecular formula is C25H29N3O6. The number of nitrogens with one attached hydrogen (secondary N) is 3. The number of hydrogen-bond donors (Lipinski definition) is 4. The van der Waals surface area contributed by atoms with Crippen LogP contribution in [0.3, 0.4) is 0 Å². The minimum absolute atomic E-state index is 0.200. The summed E-state index contributed by atoms with van der Waals surface area (Å²) in [7, 11) is 1.54. The largest absolute Gasteiger partial charge is 0.497 e. The predicted octanol–water partition coefficient (Wildman–Crippen LogP) is 3.75. The Morgan fingerprint density at radius 2 is 1.88 bits per heavy atom. The number of carbonyl (C=O) groups excluding carboxylic acids is 3. The zero-order valence-electron chi connectivity index (χ0n) is 19.0. The summed E-state index contributed by atoms with van der Waals surface area (Å²) in [6.07, 6.45) is 5.50. The van der Waals surface area contributed by atoms with Crippen LogP contribution in [0.25, 0.3) is 6.08 Å². The lowest BCUT2D eigenvalue weighted by molar-refractivity contribution is -0.129. The maximum Gasteiger partial charge on any atom is 0.255 e. The SMILES string of the molecule is COc1cc2cc(c1)C(=O)Nc1ccccc1NC(=O)[C@@H](CCCCCC(=O)NO)OC/C=C\2. The van der Waals surface area contributed by atoms with Crippen LogP contribution in [-0.2, 0) is 14.3 Å². The Morgan fingerprint density at radius 1 is 1.12 bits per heavy atom. The zero-order valence-corrected chi connectivity index (χ0v) is 19.0. The molecule has 0 radical (unpaired) electrons. The van der Waals surface area contributed by atoms with Crippen molar-refractivity contribution in [3.8, 4) is 5.75 Å². The van der Waals surface area contributed by atoms with Gasteiger partial charge >= 0.3 is 0 Å². The number of hydroxylamine groups is 1. The van der Waals surface area contributed by atoms with Crippen molar-refractivity contribution in [3.05, 3.63) is 59.7 Å². The van der Waals surface area contributed by atoms with E-state index < -0.39 is 12.0 Å². The van der Waals surface area contributed by atoms with Crippen molar-refractivity contribution >= 4 is 35.2 Å². The van der Waals surface area contributed by atoms with Crippen molar-refractivity contribution in [1.29, 1.82) is 0 Å². The lowest BCUT2D eigenvalue weighted by Gasteiger charge is -2.19. The number of fused-ring (bicyclic) bond motifs is 3. The minimum Gasteiger partial charge on any atom is -0.497 e. The van der Waals surface area contributed by atoms with Crippen molar-refractivity contribution in [1.82, 2.24) is 5.48 Å². The van der Waals surface area contributed by atoms with Crippen LogP contribution in [0.4, 0.5) is 11.4 Å². The van der Waals surface area contributed by atoms with Gasteiger partial charge in [-0.25, -0.2) is 5.48 Å². The Kier molecular flexibility index (Phi) is 9.19. The van der Waals surface area contributed by atoms with Crippen LogP contribution >= 0.6 is 0 Å². The van der Waals surface area contributed by atoms with Gasteiger partial charge in [0, 0.05) is 12.0 Å². The first-order valence-corrected chi connectivity index (χ1v) is 11.1. The van der Waals surface area contributed by atoms with E-state index in [1.807, 2.05) is 6.08 Å². The molecule has 180 valence electrons. The lowest BCUT2D eigenvalue weighted by Crippen LogP contribution is -2.31. The molecule has 0 saturated carbocycles. The van der Waals surface area contributed by atoms with Gasteiger partial charge in [-0.05, 0) is 48.7 Å². The molecule has 0 aromatic heterocycles. The molecule has 9 heteroatoms. The van der Waals surface area contributed by atoms with Gasteiger partial charge in [-0.2, -0.15) is 0 Å². The molecule has 3 amide bonds. The maximum absolute atomic E-state index is 13.0. The van der Waals surface area contributed by atoms with Crippen LogP contribution < -0.4 is 20.9 Å². The van der Waals surface area contributed by atoms with Crippen LogP contribution in [0, 0.1) is 0 Å². The average molecular weight is 468 g/mol. The predicted molar refractivity (Wildman–Crippen MR) is 128 cm³/mol. The molecule has 4 N–H and O–H groups in total. The lowest BCUT2D eigenvalue weighted by atomic mass is 10.1. The number of anilines is 2.